The number of ether oxygens (including phenoxy) is 1. The predicted molar refractivity (Wildman–Crippen MR) is 55.9 cm³/mol. The van der Waals surface area contributed by atoms with E-state index in [0.717, 1.165) is 0 Å². The fourth-order valence-electron chi connectivity index (χ4n) is 1.45. The van der Waals surface area contributed by atoms with E-state index in [2.05, 4.69) is 0 Å². The molecule has 1 aromatic carbocycles. The van der Waals surface area contributed by atoms with Gasteiger partial charge in [0.15, 0.2) is 0 Å². The van der Waals surface area contributed by atoms with E-state index in [-0.39, 0.29) is 11.1 Å². The van der Waals surface area contributed by atoms with Gasteiger partial charge >= 0.3 is 11.9 Å². The second kappa shape index (κ2) is 5.27. The van der Waals surface area contributed by atoms with Crippen LogP contribution in [0.4, 0.5) is 0 Å². The number of aromatic carboxylic acids is 2. The van der Waals surface area contributed by atoms with E-state index >= 15 is 0 Å². The lowest BCUT2D eigenvalue weighted by molar-refractivity contribution is 0.0650. The Kier molecular flexibility index (Phi) is 4.02. The van der Waals surface area contributed by atoms with Gasteiger partial charge in [-0.05, 0) is 18.1 Å². The molecule has 5 nitrogen and oxygen atoms in total. The van der Waals surface area contributed by atoms with Gasteiger partial charge in [0.1, 0.15) is 0 Å². The molecule has 0 saturated heterocycles. The lowest BCUT2D eigenvalue weighted by Gasteiger charge is -2.08. The van der Waals surface area contributed by atoms with Gasteiger partial charge in [0.05, 0.1) is 17.7 Å². The molecule has 0 aliphatic rings. The summed E-state index contributed by atoms with van der Waals surface area (Å²) in [6, 6.07) is 4.40. The van der Waals surface area contributed by atoms with Crippen molar-refractivity contribution in [3.63, 3.8) is 0 Å². The van der Waals surface area contributed by atoms with E-state index in [0.29, 0.717) is 18.6 Å². The molecule has 0 aliphatic heterocycles. The van der Waals surface area contributed by atoms with Crippen molar-refractivity contribution in [2.45, 2.75) is 6.42 Å². The number of hydrogen-bond acceptors (Lipinski definition) is 3. The molecule has 0 radical (unpaired) electrons. The zero-order valence-electron chi connectivity index (χ0n) is 8.77. The van der Waals surface area contributed by atoms with E-state index in [9.17, 15) is 9.59 Å². The molecule has 0 amide bonds. The lowest BCUT2D eigenvalue weighted by Crippen LogP contribution is -2.12. The first-order chi connectivity index (χ1) is 7.57. The average Bonchev–Trinajstić information content (AvgIpc) is 2.25. The molecule has 0 spiro atoms. The Morgan fingerprint density at radius 1 is 1.25 bits per heavy atom. The van der Waals surface area contributed by atoms with Crippen LogP contribution >= 0.6 is 0 Å². The molecule has 5 heteroatoms. The summed E-state index contributed by atoms with van der Waals surface area (Å²) in [6.45, 7) is 0.351. The van der Waals surface area contributed by atoms with Crippen LogP contribution in [0.25, 0.3) is 0 Å². The minimum atomic E-state index is -1.24. The molecule has 1 rings (SSSR count). The van der Waals surface area contributed by atoms with Gasteiger partial charge in [-0.3, -0.25) is 0 Å². The topological polar surface area (TPSA) is 83.8 Å². The van der Waals surface area contributed by atoms with E-state index in [1.807, 2.05) is 0 Å². The molecule has 0 bridgehead atoms. The van der Waals surface area contributed by atoms with Crippen LogP contribution in [0, 0.1) is 0 Å². The van der Waals surface area contributed by atoms with Gasteiger partial charge in [0, 0.05) is 7.11 Å². The third-order valence-corrected chi connectivity index (χ3v) is 2.17. The van der Waals surface area contributed by atoms with Crippen LogP contribution < -0.4 is 0 Å². The van der Waals surface area contributed by atoms with Gasteiger partial charge in [0.2, 0.25) is 0 Å². The van der Waals surface area contributed by atoms with Crippen LogP contribution in [0.3, 0.4) is 0 Å². The van der Waals surface area contributed by atoms with E-state index in [1.54, 1.807) is 6.07 Å². The smallest absolute Gasteiger partial charge is 0.336 e. The van der Waals surface area contributed by atoms with Gasteiger partial charge in [-0.2, -0.15) is 0 Å². The summed E-state index contributed by atoms with van der Waals surface area (Å²) in [5.41, 5.74) is 0.113. The number of carbonyl (C=O) groups is 2. The Balaban J connectivity index is 3.21. The Morgan fingerprint density at radius 2 is 1.94 bits per heavy atom. The summed E-state index contributed by atoms with van der Waals surface area (Å²) < 4.78 is 4.84. The van der Waals surface area contributed by atoms with Crippen LogP contribution in [0.15, 0.2) is 18.2 Å². The van der Waals surface area contributed by atoms with Crippen LogP contribution in [0.2, 0.25) is 0 Å². The molecule has 0 atom stereocenters. The van der Waals surface area contributed by atoms with Crippen molar-refractivity contribution in [1.82, 2.24) is 0 Å². The van der Waals surface area contributed by atoms with Crippen molar-refractivity contribution >= 4 is 11.9 Å². The molecule has 0 saturated carbocycles. The SMILES string of the molecule is COCCc1cccc(C(=O)O)c1C(=O)O. The van der Waals surface area contributed by atoms with E-state index in [1.165, 1.54) is 19.2 Å². The number of rotatable bonds is 5. The van der Waals surface area contributed by atoms with Gasteiger partial charge < -0.3 is 14.9 Å². The number of carboxylic acid groups (broad SMARTS) is 2. The summed E-state index contributed by atoms with van der Waals surface area (Å²) in [5, 5.41) is 17.9. The Morgan fingerprint density at radius 3 is 2.44 bits per heavy atom. The summed E-state index contributed by atoms with van der Waals surface area (Å²) in [5.74, 6) is -2.47. The Hall–Kier alpha value is -1.88. The largest absolute Gasteiger partial charge is 0.478 e. The molecule has 0 aliphatic carbocycles. The Labute approximate surface area is 92.3 Å². The number of hydrogen-bond donors (Lipinski definition) is 2. The van der Waals surface area contributed by atoms with Gasteiger partial charge in [0.25, 0.3) is 0 Å². The highest BCUT2D eigenvalue weighted by atomic mass is 16.5. The maximum Gasteiger partial charge on any atom is 0.336 e. The summed E-state index contributed by atoms with van der Waals surface area (Å²) >= 11 is 0. The van der Waals surface area contributed by atoms with Crippen LogP contribution in [-0.2, 0) is 11.2 Å². The van der Waals surface area contributed by atoms with Gasteiger partial charge in [-0.1, -0.05) is 12.1 Å². The zero-order valence-corrected chi connectivity index (χ0v) is 8.77. The molecular weight excluding hydrogens is 212 g/mol. The van der Waals surface area contributed by atoms with E-state index < -0.39 is 11.9 Å². The third kappa shape index (κ3) is 2.58. The highest BCUT2D eigenvalue weighted by molar-refractivity contribution is 6.02. The lowest BCUT2D eigenvalue weighted by atomic mass is 9.99. The first kappa shape index (κ1) is 12.2. The first-order valence-corrected chi connectivity index (χ1v) is 4.65. The predicted octanol–water partition coefficient (Wildman–Crippen LogP) is 1.27. The minimum absolute atomic E-state index is 0.160. The molecule has 0 fully saturated rings. The van der Waals surface area contributed by atoms with Crippen molar-refractivity contribution in [2.75, 3.05) is 13.7 Å². The van der Waals surface area contributed by atoms with E-state index in [4.69, 9.17) is 14.9 Å². The monoisotopic (exact) mass is 224 g/mol. The molecule has 86 valence electrons. The molecule has 0 aromatic heterocycles. The average molecular weight is 224 g/mol. The molecule has 16 heavy (non-hydrogen) atoms. The van der Waals surface area contributed by atoms with Crippen molar-refractivity contribution in [2.24, 2.45) is 0 Å². The van der Waals surface area contributed by atoms with Crippen molar-refractivity contribution in [1.29, 1.82) is 0 Å². The quantitative estimate of drug-likeness (QED) is 0.786. The Bertz CT molecular complexity index is 411. The molecule has 0 heterocycles. The molecular formula is C11H12O5. The summed E-state index contributed by atoms with van der Waals surface area (Å²) in [7, 11) is 1.50. The van der Waals surface area contributed by atoms with Crippen LogP contribution in [-0.4, -0.2) is 35.9 Å². The number of carboxylic acids is 2. The van der Waals surface area contributed by atoms with Crippen molar-refractivity contribution < 1.29 is 24.5 Å². The zero-order chi connectivity index (χ0) is 12.1. The second-order valence-corrected chi connectivity index (χ2v) is 3.19. The minimum Gasteiger partial charge on any atom is -0.478 e. The highest BCUT2D eigenvalue weighted by Gasteiger charge is 2.19. The maximum absolute atomic E-state index is 11.0. The van der Waals surface area contributed by atoms with Crippen molar-refractivity contribution in [3.8, 4) is 0 Å². The normalized spacial score (nSPS) is 10.1. The molecule has 2 N–H and O–H groups in total. The summed E-state index contributed by atoms with van der Waals surface area (Å²) in [6.07, 6.45) is 0.374. The molecule has 1 aromatic rings. The molecule has 0 unspecified atom stereocenters. The fourth-order valence-corrected chi connectivity index (χ4v) is 1.45. The summed E-state index contributed by atoms with van der Waals surface area (Å²) in [4.78, 5) is 21.9. The van der Waals surface area contributed by atoms with Gasteiger partial charge in [-0.25, -0.2) is 9.59 Å². The highest BCUT2D eigenvalue weighted by Crippen LogP contribution is 2.16. The fraction of sp³-hybridized carbons (Fsp3) is 0.273. The van der Waals surface area contributed by atoms with Crippen LogP contribution in [0.1, 0.15) is 26.3 Å². The number of benzene rings is 1. The van der Waals surface area contributed by atoms with Crippen molar-refractivity contribution in [3.05, 3.63) is 34.9 Å². The third-order valence-electron chi connectivity index (χ3n) is 2.17. The van der Waals surface area contributed by atoms with Crippen LogP contribution in [0.5, 0.6) is 0 Å². The first-order valence-electron chi connectivity index (χ1n) is 4.65. The number of methoxy groups -OCH3 is 1. The standard InChI is InChI=1S/C11H12O5/c1-16-6-5-7-3-2-4-8(10(12)13)9(7)11(14)15/h2-4H,5-6H2,1H3,(H,12,13)(H,14,15). The second-order valence-electron chi connectivity index (χ2n) is 3.19. The van der Waals surface area contributed by atoms with Gasteiger partial charge in [-0.15, -0.1) is 0 Å². The maximum atomic E-state index is 11.0.